The van der Waals surface area contributed by atoms with E-state index in [0.717, 1.165) is 4.47 Å². The zero-order valence-corrected chi connectivity index (χ0v) is 8.48. The molecule has 14 heavy (non-hydrogen) atoms. The third kappa shape index (κ3) is 1.46. The molecule has 1 aromatic carbocycles. The molecule has 0 spiro atoms. The number of aromatic carboxylic acids is 1. The van der Waals surface area contributed by atoms with Gasteiger partial charge in [0.15, 0.2) is 0 Å². The number of benzene rings is 1. The van der Waals surface area contributed by atoms with E-state index in [0.29, 0.717) is 10.9 Å². The zero-order chi connectivity index (χ0) is 10.1. The van der Waals surface area contributed by atoms with E-state index in [-0.39, 0.29) is 5.69 Å². The van der Waals surface area contributed by atoms with E-state index in [1.165, 1.54) is 6.33 Å². The second kappa shape index (κ2) is 3.34. The van der Waals surface area contributed by atoms with E-state index in [9.17, 15) is 9.90 Å². The fourth-order valence-corrected chi connectivity index (χ4v) is 1.55. The standard InChI is InChI=1S/C9H5BrN2O2/c10-5-1-2-7-6(3-5)8(9(13)14)12-4-11-7/h1-4H,(H,13,14)/p-1. The molecule has 0 aliphatic rings. The van der Waals surface area contributed by atoms with Gasteiger partial charge in [-0.1, -0.05) is 15.9 Å². The molecule has 0 radical (unpaired) electrons. The summed E-state index contributed by atoms with van der Waals surface area (Å²) < 4.78 is 0.780. The molecular formula is C9H4BrN2O2-. The van der Waals surface area contributed by atoms with Crippen LogP contribution < -0.4 is 5.11 Å². The molecule has 0 saturated heterocycles. The Kier molecular flexibility index (Phi) is 2.17. The SMILES string of the molecule is O=C([O-])c1ncnc2ccc(Br)cc12. The lowest BCUT2D eigenvalue weighted by atomic mass is 10.2. The van der Waals surface area contributed by atoms with Crippen molar-refractivity contribution in [3.63, 3.8) is 0 Å². The zero-order valence-electron chi connectivity index (χ0n) is 6.90. The van der Waals surface area contributed by atoms with Crippen molar-refractivity contribution in [2.24, 2.45) is 0 Å². The van der Waals surface area contributed by atoms with Gasteiger partial charge in [0.05, 0.1) is 17.2 Å². The molecular weight excluding hydrogens is 248 g/mol. The molecule has 2 rings (SSSR count). The topological polar surface area (TPSA) is 65.9 Å². The van der Waals surface area contributed by atoms with Gasteiger partial charge in [0.1, 0.15) is 6.33 Å². The molecule has 0 fully saturated rings. The van der Waals surface area contributed by atoms with Crippen LogP contribution in [0.2, 0.25) is 0 Å². The first-order chi connectivity index (χ1) is 6.68. The summed E-state index contributed by atoms with van der Waals surface area (Å²) in [5, 5.41) is 11.2. The number of hydrogen-bond acceptors (Lipinski definition) is 4. The maximum absolute atomic E-state index is 10.7. The minimum atomic E-state index is -1.30. The number of fused-ring (bicyclic) bond motifs is 1. The van der Waals surface area contributed by atoms with Crippen LogP contribution in [0.5, 0.6) is 0 Å². The fourth-order valence-electron chi connectivity index (χ4n) is 1.19. The van der Waals surface area contributed by atoms with Crippen molar-refractivity contribution in [3.8, 4) is 0 Å². The minimum absolute atomic E-state index is 0.0868. The summed E-state index contributed by atoms with van der Waals surface area (Å²) in [6.07, 6.45) is 1.21. The van der Waals surface area contributed by atoms with Crippen molar-refractivity contribution in [1.82, 2.24) is 9.97 Å². The molecule has 0 aliphatic carbocycles. The second-order valence-corrected chi connectivity index (χ2v) is 3.59. The van der Waals surface area contributed by atoms with Crippen molar-refractivity contribution < 1.29 is 9.90 Å². The van der Waals surface area contributed by atoms with Crippen LogP contribution in [-0.4, -0.2) is 15.9 Å². The summed E-state index contributed by atoms with van der Waals surface area (Å²) in [4.78, 5) is 18.3. The summed E-state index contributed by atoms with van der Waals surface area (Å²) in [6.45, 7) is 0. The summed E-state index contributed by atoms with van der Waals surface area (Å²) in [7, 11) is 0. The number of rotatable bonds is 1. The molecule has 0 unspecified atom stereocenters. The average Bonchev–Trinajstić information content (AvgIpc) is 2.16. The van der Waals surface area contributed by atoms with Crippen molar-refractivity contribution in [2.75, 3.05) is 0 Å². The number of carboxylic acids is 1. The maximum atomic E-state index is 10.7. The van der Waals surface area contributed by atoms with Gasteiger partial charge in [-0.05, 0) is 18.2 Å². The summed E-state index contributed by atoms with van der Waals surface area (Å²) in [5.41, 5.74) is 0.499. The first-order valence-electron chi connectivity index (χ1n) is 3.80. The lowest BCUT2D eigenvalue weighted by Crippen LogP contribution is -2.23. The van der Waals surface area contributed by atoms with Crippen LogP contribution in [0.15, 0.2) is 29.0 Å². The lowest BCUT2D eigenvalue weighted by molar-refractivity contribution is -0.255. The van der Waals surface area contributed by atoms with Crippen LogP contribution in [0.1, 0.15) is 10.5 Å². The van der Waals surface area contributed by atoms with Gasteiger partial charge in [0, 0.05) is 9.86 Å². The summed E-state index contributed by atoms with van der Waals surface area (Å²) in [6, 6.07) is 5.16. The van der Waals surface area contributed by atoms with Crippen LogP contribution in [0, 0.1) is 0 Å². The van der Waals surface area contributed by atoms with E-state index in [2.05, 4.69) is 25.9 Å². The number of carbonyl (C=O) groups excluding carboxylic acids is 1. The van der Waals surface area contributed by atoms with E-state index in [1.807, 2.05) is 0 Å². The minimum Gasteiger partial charge on any atom is -0.543 e. The van der Waals surface area contributed by atoms with Crippen LogP contribution in [0.25, 0.3) is 10.9 Å². The van der Waals surface area contributed by atoms with Gasteiger partial charge >= 0.3 is 0 Å². The van der Waals surface area contributed by atoms with E-state index < -0.39 is 5.97 Å². The molecule has 0 saturated carbocycles. The first-order valence-corrected chi connectivity index (χ1v) is 4.59. The van der Waals surface area contributed by atoms with Gasteiger partial charge < -0.3 is 9.90 Å². The molecule has 0 amide bonds. The molecule has 0 bridgehead atoms. The molecule has 70 valence electrons. The van der Waals surface area contributed by atoms with E-state index in [1.54, 1.807) is 18.2 Å². The molecule has 2 aromatic rings. The van der Waals surface area contributed by atoms with E-state index in [4.69, 9.17) is 0 Å². The largest absolute Gasteiger partial charge is 0.543 e. The summed E-state index contributed by atoms with van der Waals surface area (Å²) >= 11 is 3.25. The van der Waals surface area contributed by atoms with Crippen LogP contribution in [0.4, 0.5) is 0 Å². The van der Waals surface area contributed by atoms with Gasteiger partial charge in [-0.2, -0.15) is 0 Å². The van der Waals surface area contributed by atoms with E-state index >= 15 is 0 Å². The first kappa shape index (κ1) is 9.08. The number of halogens is 1. The Hall–Kier alpha value is -1.49. The quantitative estimate of drug-likeness (QED) is 0.751. The lowest BCUT2D eigenvalue weighted by Gasteiger charge is -2.05. The smallest absolute Gasteiger partial charge is 0.116 e. The summed E-state index contributed by atoms with van der Waals surface area (Å²) in [5.74, 6) is -1.30. The van der Waals surface area contributed by atoms with Crippen molar-refractivity contribution in [3.05, 3.63) is 34.7 Å². The Bertz CT molecular complexity index is 513. The molecule has 4 nitrogen and oxygen atoms in total. The Morgan fingerprint density at radius 2 is 2.14 bits per heavy atom. The number of hydrogen-bond donors (Lipinski definition) is 0. The number of nitrogens with zero attached hydrogens (tertiary/aromatic N) is 2. The van der Waals surface area contributed by atoms with Gasteiger partial charge in [0.25, 0.3) is 0 Å². The molecule has 0 aliphatic heterocycles. The monoisotopic (exact) mass is 251 g/mol. The third-order valence-corrected chi connectivity index (χ3v) is 2.28. The van der Waals surface area contributed by atoms with Gasteiger partial charge in [-0.25, -0.2) is 9.97 Å². The predicted octanol–water partition coefficient (Wildman–Crippen LogP) is 0.756. The number of carboxylic acid groups (broad SMARTS) is 1. The van der Waals surface area contributed by atoms with Gasteiger partial charge in [0.2, 0.25) is 0 Å². The Morgan fingerprint density at radius 1 is 1.36 bits per heavy atom. The highest BCUT2D eigenvalue weighted by Crippen LogP contribution is 2.19. The fraction of sp³-hybridized carbons (Fsp3) is 0. The van der Waals surface area contributed by atoms with Crippen molar-refractivity contribution >= 4 is 32.8 Å². The molecule has 1 aromatic heterocycles. The molecule has 0 atom stereocenters. The molecule has 5 heteroatoms. The number of aromatic nitrogens is 2. The van der Waals surface area contributed by atoms with Crippen LogP contribution in [0.3, 0.4) is 0 Å². The second-order valence-electron chi connectivity index (χ2n) is 2.67. The third-order valence-electron chi connectivity index (χ3n) is 1.79. The van der Waals surface area contributed by atoms with Crippen LogP contribution >= 0.6 is 15.9 Å². The Labute approximate surface area is 87.7 Å². The van der Waals surface area contributed by atoms with Gasteiger partial charge in [-0.3, -0.25) is 0 Å². The Morgan fingerprint density at radius 3 is 2.86 bits per heavy atom. The number of carbonyl (C=O) groups is 1. The normalized spacial score (nSPS) is 10.4. The van der Waals surface area contributed by atoms with Crippen LogP contribution in [-0.2, 0) is 0 Å². The van der Waals surface area contributed by atoms with Gasteiger partial charge in [-0.15, -0.1) is 0 Å². The van der Waals surface area contributed by atoms with Crippen molar-refractivity contribution in [2.45, 2.75) is 0 Å². The molecule has 1 heterocycles. The Balaban J connectivity index is 2.84. The molecule has 0 N–H and O–H groups in total. The highest BCUT2D eigenvalue weighted by molar-refractivity contribution is 9.10. The average molecular weight is 252 g/mol. The highest BCUT2D eigenvalue weighted by Gasteiger charge is 2.04. The predicted molar refractivity (Wildman–Crippen MR) is 51.6 cm³/mol. The highest BCUT2D eigenvalue weighted by atomic mass is 79.9. The van der Waals surface area contributed by atoms with Crippen molar-refractivity contribution in [1.29, 1.82) is 0 Å². The maximum Gasteiger partial charge on any atom is 0.116 e.